The van der Waals surface area contributed by atoms with E-state index in [-0.39, 0.29) is 17.7 Å². The summed E-state index contributed by atoms with van der Waals surface area (Å²) in [4.78, 5) is 15.1. The lowest BCUT2D eigenvalue weighted by atomic mass is 10.00. The summed E-state index contributed by atoms with van der Waals surface area (Å²) < 4.78 is 7.61. The number of hydrogen-bond acceptors (Lipinski definition) is 6. The first-order valence-corrected chi connectivity index (χ1v) is 12.9. The minimum atomic E-state index is -0.0969. The molecule has 0 radical (unpaired) electrons. The molecule has 4 aromatic rings. The Hall–Kier alpha value is -3.36. The smallest absolute Gasteiger partial charge is 0.230 e. The Morgan fingerprint density at radius 3 is 2.57 bits per heavy atom. The number of hydrogen-bond donors (Lipinski definition) is 1. The van der Waals surface area contributed by atoms with Crippen LogP contribution in [0, 0.1) is 0 Å². The Morgan fingerprint density at radius 2 is 1.74 bits per heavy atom. The first-order chi connectivity index (χ1) is 17.2. The average molecular weight is 488 g/mol. The SMILES string of the molecule is CC(NC(=O)CSc1nnc(N2CCOCC2)n1Cc1ccccc1)c1cccc2ccccc12. The van der Waals surface area contributed by atoms with E-state index in [1.165, 1.54) is 17.1 Å². The van der Waals surface area contributed by atoms with Crippen molar-refractivity contribution in [3.05, 3.63) is 83.9 Å². The zero-order valence-electron chi connectivity index (χ0n) is 19.8. The summed E-state index contributed by atoms with van der Waals surface area (Å²) in [5, 5.41) is 15.2. The van der Waals surface area contributed by atoms with E-state index in [1.807, 2.05) is 43.3 Å². The highest BCUT2D eigenvalue weighted by atomic mass is 32.2. The van der Waals surface area contributed by atoms with Crippen LogP contribution in [0.5, 0.6) is 0 Å². The molecule has 1 aliphatic heterocycles. The molecule has 3 aromatic carbocycles. The van der Waals surface area contributed by atoms with Gasteiger partial charge in [-0.3, -0.25) is 9.36 Å². The topological polar surface area (TPSA) is 72.3 Å². The summed E-state index contributed by atoms with van der Waals surface area (Å²) in [6, 6.07) is 24.6. The maximum atomic E-state index is 12.9. The number of rotatable bonds is 8. The van der Waals surface area contributed by atoms with Crippen molar-refractivity contribution >= 4 is 34.4 Å². The van der Waals surface area contributed by atoms with Crippen LogP contribution < -0.4 is 10.2 Å². The number of ether oxygens (including phenoxy) is 1. The average Bonchev–Trinajstić information content (AvgIpc) is 3.30. The van der Waals surface area contributed by atoms with Gasteiger partial charge in [-0.25, -0.2) is 0 Å². The minimum Gasteiger partial charge on any atom is -0.378 e. The van der Waals surface area contributed by atoms with E-state index < -0.39 is 0 Å². The van der Waals surface area contributed by atoms with E-state index in [4.69, 9.17) is 4.74 Å². The summed E-state index contributed by atoms with van der Waals surface area (Å²) in [7, 11) is 0. The van der Waals surface area contributed by atoms with Gasteiger partial charge >= 0.3 is 0 Å². The monoisotopic (exact) mass is 487 g/mol. The molecule has 35 heavy (non-hydrogen) atoms. The Morgan fingerprint density at radius 1 is 1.00 bits per heavy atom. The number of aromatic nitrogens is 3. The molecule has 1 unspecified atom stereocenters. The Balaban J connectivity index is 1.29. The zero-order valence-corrected chi connectivity index (χ0v) is 20.6. The molecular weight excluding hydrogens is 458 g/mol. The molecular formula is C27H29N5O2S. The molecule has 180 valence electrons. The fourth-order valence-corrected chi connectivity index (χ4v) is 5.15. The number of carbonyl (C=O) groups excluding carboxylic acids is 1. The molecule has 1 N–H and O–H groups in total. The van der Waals surface area contributed by atoms with E-state index in [2.05, 4.69) is 61.4 Å². The van der Waals surface area contributed by atoms with Gasteiger partial charge < -0.3 is 15.0 Å². The highest BCUT2D eigenvalue weighted by molar-refractivity contribution is 7.99. The van der Waals surface area contributed by atoms with E-state index in [9.17, 15) is 4.79 Å². The lowest BCUT2D eigenvalue weighted by Crippen LogP contribution is -2.38. The van der Waals surface area contributed by atoms with Gasteiger partial charge in [-0.1, -0.05) is 84.6 Å². The molecule has 0 bridgehead atoms. The number of carbonyl (C=O) groups is 1. The third-order valence-corrected chi connectivity index (χ3v) is 7.14. The highest BCUT2D eigenvalue weighted by Gasteiger charge is 2.22. The van der Waals surface area contributed by atoms with E-state index in [0.717, 1.165) is 40.7 Å². The number of nitrogens with one attached hydrogen (secondary N) is 1. The van der Waals surface area contributed by atoms with Crippen molar-refractivity contribution in [3.8, 4) is 0 Å². The molecule has 1 aliphatic rings. The Bertz CT molecular complexity index is 1280. The first-order valence-electron chi connectivity index (χ1n) is 11.9. The summed E-state index contributed by atoms with van der Waals surface area (Å²) in [6.45, 7) is 5.58. The predicted octanol–water partition coefficient (Wildman–Crippen LogP) is 4.29. The van der Waals surface area contributed by atoms with Gasteiger partial charge in [0.1, 0.15) is 0 Å². The number of nitrogens with zero attached hydrogens (tertiary/aromatic N) is 4. The van der Waals surface area contributed by atoms with Crippen LogP contribution in [0.15, 0.2) is 78.0 Å². The number of fused-ring (bicyclic) bond motifs is 1. The van der Waals surface area contributed by atoms with Crippen LogP contribution in [-0.4, -0.2) is 52.7 Å². The lowest BCUT2D eigenvalue weighted by molar-refractivity contribution is -0.119. The van der Waals surface area contributed by atoms with Crippen molar-refractivity contribution in [2.75, 3.05) is 37.0 Å². The summed E-state index contributed by atoms with van der Waals surface area (Å²) in [5.74, 6) is 1.06. The van der Waals surface area contributed by atoms with Crippen molar-refractivity contribution < 1.29 is 9.53 Å². The van der Waals surface area contributed by atoms with Crippen molar-refractivity contribution in [1.82, 2.24) is 20.1 Å². The second-order valence-corrected chi connectivity index (χ2v) is 9.54. The minimum absolute atomic E-state index is 0.0300. The third-order valence-electron chi connectivity index (χ3n) is 6.17. The number of morpholine rings is 1. The van der Waals surface area contributed by atoms with Crippen LogP contribution in [0.4, 0.5) is 5.95 Å². The van der Waals surface area contributed by atoms with E-state index >= 15 is 0 Å². The van der Waals surface area contributed by atoms with Crippen LogP contribution >= 0.6 is 11.8 Å². The van der Waals surface area contributed by atoms with Gasteiger partial charge in [-0.15, -0.1) is 10.2 Å². The maximum absolute atomic E-state index is 12.9. The Kier molecular flexibility index (Phi) is 7.30. The zero-order chi connectivity index (χ0) is 24.0. The number of amides is 1. The molecule has 0 spiro atoms. The molecule has 1 amide bonds. The molecule has 0 saturated carbocycles. The second kappa shape index (κ2) is 10.9. The fraction of sp³-hybridized carbons (Fsp3) is 0.296. The third kappa shape index (κ3) is 5.49. The van der Waals surface area contributed by atoms with Gasteiger partial charge in [0.15, 0.2) is 5.16 Å². The number of anilines is 1. The van der Waals surface area contributed by atoms with Gasteiger partial charge in [0, 0.05) is 13.1 Å². The van der Waals surface area contributed by atoms with Crippen LogP contribution in [0.3, 0.4) is 0 Å². The highest BCUT2D eigenvalue weighted by Crippen LogP contribution is 2.26. The predicted molar refractivity (Wildman–Crippen MR) is 140 cm³/mol. The quantitative estimate of drug-likeness (QED) is 0.374. The summed E-state index contributed by atoms with van der Waals surface area (Å²) in [5.41, 5.74) is 2.28. The van der Waals surface area contributed by atoms with E-state index in [0.29, 0.717) is 19.8 Å². The molecule has 1 fully saturated rings. The van der Waals surface area contributed by atoms with Crippen molar-refractivity contribution in [2.24, 2.45) is 0 Å². The fourth-order valence-electron chi connectivity index (χ4n) is 4.41. The van der Waals surface area contributed by atoms with Crippen LogP contribution in [0.25, 0.3) is 10.8 Å². The standard InChI is InChI=1S/C27H29N5O2S/c1-20(23-13-7-11-22-10-5-6-12-24(22)23)28-25(33)19-35-27-30-29-26(31-14-16-34-17-15-31)32(27)18-21-8-3-2-4-9-21/h2-13,20H,14-19H2,1H3,(H,28,33). The summed E-state index contributed by atoms with van der Waals surface area (Å²) >= 11 is 1.42. The molecule has 2 heterocycles. The van der Waals surface area contributed by atoms with Gasteiger partial charge in [-0.2, -0.15) is 0 Å². The second-order valence-electron chi connectivity index (χ2n) is 8.60. The van der Waals surface area contributed by atoms with Gasteiger partial charge in [0.25, 0.3) is 0 Å². The van der Waals surface area contributed by atoms with Crippen molar-refractivity contribution in [2.45, 2.75) is 24.7 Å². The largest absolute Gasteiger partial charge is 0.378 e. The van der Waals surface area contributed by atoms with Gasteiger partial charge in [0.05, 0.1) is 31.6 Å². The van der Waals surface area contributed by atoms with Crippen LogP contribution in [0.1, 0.15) is 24.1 Å². The van der Waals surface area contributed by atoms with Gasteiger partial charge in [-0.05, 0) is 28.8 Å². The van der Waals surface area contributed by atoms with Crippen LogP contribution in [-0.2, 0) is 16.1 Å². The Labute approximate surface area is 209 Å². The van der Waals surface area contributed by atoms with E-state index in [1.54, 1.807) is 0 Å². The molecule has 0 aliphatic carbocycles. The molecule has 1 aromatic heterocycles. The normalized spacial score (nSPS) is 14.7. The lowest BCUT2D eigenvalue weighted by Gasteiger charge is -2.28. The van der Waals surface area contributed by atoms with Crippen LogP contribution in [0.2, 0.25) is 0 Å². The van der Waals surface area contributed by atoms with Crippen molar-refractivity contribution in [1.29, 1.82) is 0 Å². The number of thioether (sulfide) groups is 1. The molecule has 5 rings (SSSR count). The van der Waals surface area contributed by atoms with Gasteiger partial charge in [0.2, 0.25) is 11.9 Å². The number of benzene rings is 3. The van der Waals surface area contributed by atoms with Crippen molar-refractivity contribution in [3.63, 3.8) is 0 Å². The maximum Gasteiger partial charge on any atom is 0.230 e. The molecule has 7 nitrogen and oxygen atoms in total. The first kappa shape index (κ1) is 23.4. The summed E-state index contributed by atoms with van der Waals surface area (Å²) in [6.07, 6.45) is 0. The molecule has 1 atom stereocenters. The molecule has 1 saturated heterocycles. The molecule has 8 heteroatoms.